The molecular formula is C16H24N2. The van der Waals surface area contributed by atoms with Crippen molar-refractivity contribution in [1.82, 2.24) is 9.38 Å². The summed E-state index contributed by atoms with van der Waals surface area (Å²) >= 11 is 0. The first-order valence-electron chi connectivity index (χ1n) is 6.60. The zero-order valence-electron chi connectivity index (χ0n) is 12.6. The molecule has 98 valence electrons. The smallest absolute Gasteiger partial charge is 0.137 e. The van der Waals surface area contributed by atoms with Gasteiger partial charge in [-0.25, -0.2) is 4.98 Å². The molecule has 2 heterocycles. The summed E-state index contributed by atoms with van der Waals surface area (Å²) in [5.74, 6) is 0. The maximum atomic E-state index is 4.87. The molecule has 0 spiro atoms. The molecule has 0 aliphatic rings. The Balaban J connectivity index is 2.85. The van der Waals surface area contributed by atoms with Crippen molar-refractivity contribution in [3.05, 3.63) is 35.3 Å². The molecular weight excluding hydrogens is 220 g/mol. The molecule has 0 aliphatic heterocycles. The Bertz CT molecular complexity index is 577. The summed E-state index contributed by atoms with van der Waals surface area (Å²) in [5, 5.41) is 0. The summed E-state index contributed by atoms with van der Waals surface area (Å²) in [7, 11) is 0. The van der Waals surface area contributed by atoms with Crippen LogP contribution < -0.4 is 0 Å². The van der Waals surface area contributed by atoms with Crippen molar-refractivity contribution in [2.24, 2.45) is 0 Å². The molecule has 0 aromatic carbocycles. The number of fused-ring (bicyclic) bond motifs is 1. The van der Waals surface area contributed by atoms with Gasteiger partial charge in [-0.1, -0.05) is 41.5 Å². The molecule has 2 nitrogen and oxygen atoms in total. The second-order valence-corrected chi connectivity index (χ2v) is 7.24. The molecule has 0 saturated heterocycles. The van der Waals surface area contributed by atoms with Crippen LogP contribution in [0.2, 0.25) is 0 Å². The van der Waals surface area contributed by atoms with Crippen molar-refractivity contribution < 1.29 is 0 Å². The zero-order chi connectivity index (χ0) is 13.7. The molecule has 0 unspecified atom stereocenters. The van der Waals surface area contributed by atoms with E-state index in [-0.39, 0.29) is 10.8 Å². The molecule has 0 bridgehead atoms. The summed E-state index contributed by atoms with van der Waals surface area (Å²) in [6, 6.07) is 4.31. The minimum absolute atomic E-state index is 0.0720. The maximum Gasteiger partial charge on any atom is 0.137 e. The molecule has 2 aromatic heterocycles. The maximum absolute atomic E-state index is 4.87. The number of aryl methyl sites for hydroxylation is 1. The lowest BCUT2D eigenvalue weighted by molar-refractivity contribution is 0.506. The van der Waals surface area contributed by atoms with Crippen molar-refractivity contribution in [2.75, 3.05) is 0 Å². The Morgan fingerprint density at radius 1 is 1.00 bits per heavy atom. The van der Waals surface area contributed by atoms with Crippen LogP contribution in [-0.2, 0) is 10.8 Å². The third kappa shape index (κ3) is 2.16. The van der Waals surface area contributed by atoms with Crippen molar-refractivity contribution >= 4 is 5.65 Å². The Morgan fingerprint density at radius 3 is 2.11 bits per heavy atom. The van der Waals surface area contributed by atoms with Crippen LogP contribution in [0.3, 0.4) is 0 Å². The molecule has 0 amide bonds. The molecule has 2 rings (SSSR count). The van der Waals surface area contributed by atoms with Crippen LogP contribution in [0, 0.1) is 6.92 Å². The quantitative estimate of drug-likeness (QED) is 0.677. The highest BCUT2D eigenvalue weighted by Crippen LogP contribution is 2.34. The van der Waals surface area contributed by atoms with E-state index < -0.39 is 0 Å². The Hall–Kier alpha value is -1.31. The largest absolute Gasteiger partial charge is 0.303 e. The third-order valence-corrected chi connectivity index (χ3v) is 3.20. The first-order chi connectivity index (χ1) is 8.10. The van der Waals surface area contributed by atoms with Crippen molar-refractivity contribution in [3.8, 4) is 0 Å². The van der Waals surface area contributed by atoms with E-state index in [9.17, 15) is 0 Å². The second kappa shape index (κ2) is 3.84. The van der Waals surface area contributed by atoms with Gasteiger partial charge in [0, 0.05) is 17.0 Å². The summed E-state index contributed by atoms with van der Waals surface area (Å²) in [5.41, 5.74) is 5.02. The van der Waals surface area contributed by atoms with E-state index in [1.54, 1.807) is 0 Å². The van der Waals surface area contributed by atoms with Gasteiger partial charge in [-0.15, -0.1) is 0 Å². The van der Waals surface area contributed by atoms with Crippen LogP contribution in [0.15, 0.2) is 18.3 Å². The van der Waals surface area contributed by atoms with Crippen LogP contribution in [0.5, 0.6) is 0 Å². The highest BCUT2D eigenvalue weighted by Gasteiger charge is 2.30. The number of rotatable bonds is 0. The average Bonchev–Trinajstić information content (AvgIpc) is 2.54. The zero-order valence-corrected chi connectivity index (χ0v) is 12.6. The van der Waals surface area contributed by atoms with Crippen LogP contribution in [0.25, 0.3) is 5.65 Å². The van der Waals surface area contributed by atoms with E-state index in [1.165, 1.54) is 17.0 Å². The van der Waals surface area contributed by atoms with Gasteiger partial charge in [-0.05, 0) is 24.6 Å². The van der Waals surface area contributed by atoms with E-state index in [2.05, 4.69) is 71.2 Å². The first-order valence-corrected chi connectivity index (χ1v) is 6.60. The molecule has 0 aliphatic carbocycles. The Labute approximate surface area is 110 Å². The first kappa shape index (κ1) is 13.1. The third-order valence-electron chi connectivity index (χ3n) is 3.20. The fraction of sp³-hybridized carbons (Fsp3) is 0.562. The van der Waals surface area contributed by atoms with Crippen LogP contribution >= 0.6 is 0 Å². The van der Waals surface area contributed by atoms with Crippen molar-refractivity contribution in [3.63, 3.8) is 0 Å². The highest BCUT2D eigenvalue weighted by molar-refractivity contribution is 5.48. The molecule has 0 saturated carbocycles. The topological polar surface area (TPSA) is 17.3 Å². The fourth-order valence-corrected chi connectivity index (χ4v) is 2.39. The lowest BCUT2D eigenvalue weighted by Crippen LogP contribution is -2.23. The minimum Gasteiger partial charge on any atom is -0.303 e. The number of hydrogen-bond acceptors (Lipinski definition) is 1. The number of imidazole rings is 1. The lowest BCUT2D eigenvalue weighted by atomic mass is 9.82. The summed E-state index contributed by atoms with van der Waals surface area (Å²) in [4.78, 5) is 4.87. The van der Waals surface area contributed by atoms with Crippen molar-refractivity contribution in [1.29, 1.82) is 0 Å². The van der Waals surface area contributed by atoms with E-state index in [0.717, 1.165) is 5.65 Å². The lowest BCUT2D eigenvalue weighted by Gasteiger charge is -2.25. The monoisotopic (exact) mass is 244 g/mol. The number of nitrogens with zero attached hydrogens (tertiary/aromatic N) is 2. The molecule has 0 atom stereocenters. The van der Waals surface area contributed by atoms with Gasteiger partial charge in [0.25, 0.3) is 0 Å². The number of pyridine rings is 1. The van der Waals surface area contributed by atoms with Crippen LogP contribution in [-0.4, -0.2) is 9.38 Å². The summed E-state index contributed by atoms with van der Waals surface area (Å²) in [6.45, 7) is 15.6. The molecule has 0 fully saturated rings. The van der Waals surface area contributed by atoms with Crippen LogP contribution in [0.4, 0.5) is 0 Å². The van der Waals surface area contributed by atoms with E-state index in [0.29, 0.717) is 0 Å². The molecule has 2 aromatic rings. The number of aromatic nitrogens is 2. The van der Waals surface area contributed by atoms with Crippen molar-refractivity contribution in [2.45, 2.75) is 59.3 Å². The molecule has 0 N–H and O–H groups in total. The van der Waals surface area contributed by atoms with Crippen LogP contribution in [0.1, 0.15) is 58.5 Å². The van der Waals surface area contributed by atoms with E-state index in [1.807, 2.05) is 0 Å². The molecule has 0 radical (unpaired) electrons. The molecule has 18 heavy (non-hydrogen) atoms. The Kier molecular flexibility index (Phi) is 2.80. The standard InChI is InChI=1S/C16H24N2/c1-11-8-9-18-12(10-11)17-13(15(2,3)4)14(18)16(5,6)7/h8-10H,1-7H3. The van der Waals surface area contributed by atoms with Gasteiger partial charge in [-0.3, -0.25) is 0 Å². The fourth-order valence-electron chi connectivity index (χ4n) is 2.39. The van der Waals surface area contributed by atoms with E-state index in [4.69, 9.17) is 4.98 Å². The predicted octanol–water partition coefficient (Wildman–Crippen LogP) is 4.24. The number of hydrogen-bond donors (Lipinski definition) is 0. The SMILES string of the molecule is Cc1ccn2c(C(C)(C)C)c(C(C)(C)C)nc2c1. The van der Waals surface area contributed by atoms with Gasteiger partial charge in [-0.2, -0.15) is 0 Å². The van der Waals surface area contributed by atoms with E-state index >= 15 is 0 Å². The van der Waals surface area contributed by atoms with Gasteiger partial charge in [0.05, 0.1) is 11.4 Å². The minimum atomic E-state index is 0.0720. The second-order valence-electron chi connectivity index (χ2n) is 7.24. The average molecular weight is 244 g/mol. The van der Waals surface area contributed by atoms with Gasteiger partial charge in [0.2, 0.25) is 0 Å². The highest BCUT2D eigenvalue weighted by atomic mass is 15.0. The molecule has 2 heteroatoms. The van der Waals surface area contributed by atoms with Gasteiger partial charge in [0.1, 0.15) is 5.65 Å². The van der Waals surface area contributed by atoms with Gasteiger partial charge < -0.3 is 4.40 Å². The normalized spacial score (nSPS) is 13.3. The predicted molar refractivity (Wildman–Crippen MR) is 77.3 cm³/mol. The summed E-state index contributed by atoms with van der Waals surface area (Å²) in [6.07, 6.45) is 2.15. The van der Waals surface area contributed by atoms with Gasteiger partial charge >= 0.3 is 0 Å². The Morgan fingerprint density at radius 2 is 1.61 bits per heavy atom. The summed E-state index contributed by atoms with van der Waals surface area (Å²) < 4.78 is 2.24. The van der Waals surface area contributed by atoms with Gasteiger partial charge in [0.15, 0.2) is 0 Å².